The summed E-state index contributed by atoms with van der Waals surface area (Å²) in [6.07, 6.45) is 1.55. The molecule has 3 rings (SSSR count). The average molecular weight is 374 g/mol. The third-order valence-corrected chi connectivity index (χ3v) is 5.35. The number of ether oxygens (including phenoxy) is 1. The molecule has 0 unspecified atom stereocenters. The monoisotopic (exact) mass is 374 g/mol. The number of rotatable bonds is 3. The molecule has 1 saturated heterocycles. The van der Waals surface area contributed by atoms with Crippen molar-refractivity contribution in [3.8, 4) is 0 Å². The molecule has 6 heteroatoms. The molecule has 0 N–H and O–H groups in total. The van der Waals surface area contributed by atoms with Crippen LogP contribution in [0, 0.1) is 5.82 Å². The van der Waals surface area contributed by atoms with Gasteiger partial charge in [0.15, 0.2) is 9.84 Å². The maximum absolute atomic E-state index is 13.3. The summed E-state index contributed by atoms with van der Waals surface area (Å²) < 4.78 is 42.1. The van der Waals surface area contributed by atoms with Crippen LogP contribution < -0.4 is 0 Å². The highest BCUT2D eigenvalue weighted by Gasteiger charge is 2.37. The smallest absolute Gasteiger partial charge is 0.335 e. The molecule has 1 aliphatic rings. The van der Waals surface area contributed by atoms with Crippen LogP contribution in [0.5, 0.6) is 0 Å². The average Bonchev–Trinajstić information content (AvgIpc) is 2.82. The molecule has 26 heavy (non-hydrogen) atoms. The van der Waals surface area contributed by atoms with E-state index in [0.717, 1.165) is 6.26 Å². The second kappa shape index (κ2) is 6.36. The Hall–Kier alpha value is -2.47. The predicted octanol–water partition coefficient (Wildman–Crippen LogP) is 3.76. The van der Waals surface area contributed by atoms with E-state index in [-0.39, 0.29) is 10.7 Å². The van der Waals surface area contributed by atoms with Gasteiger partial charge in [0.05, 0.1) is 4.90 Å². The fourth-order valence-corrected chi connectivity index (χ4v) is 3.67. The third-order valence-electron chi connectivity index (χ3n) is 4.22. The van der Waals surface area contributed by atoms with E-state index in [1.807, 2.05) is 13.8 Å². The molecular weight excluding hydrogens is 355 g/mol. The Morgan fingerprint density at radius 1 is 1.00 bits per heavy atom. The molecule has 0 radical (unpaired) electrons. The molecule has 1 heterocycles. The van der Waals surface area contributed by atoms with Crippen LogP contribution in [0.1, 0.15) is 31.4 Å². The molecule has 0 aromatic heterocycles. The molecular formula is C20H19FO4S. The van der Waals surface area contributed by atoms with Crippen molar-refractivity contribution >= 4 is 21.4 Å². The van der Waals surface area contributed by atoms with E-state index in [1.165, 1.54) is 24.3 Å². The largest absolute Gasteiger partial charge is 0.456 e. The quantitative estimate of drug-likeness (QED) is 0.606. The number of hydrogen-bond acceptors (Lipinski definition) is 4. The Morgan fingerprint density at radius 3 is 1.92 bits per heavy atom. The SMILES string of the molecule is CC1(C)C/C(=C(/c2ccc(F)cc2)c2ccc(S(C)(=O)=O)cc2)C(=O)O1. The van der Waals surface area contributed by atoms with Crippen LogP contribution in [-0.4, -0.2) is 26.2 Å². The topological polar surface area (TPSA) is 60.4 Å². The van der Waals surface area contributed by atoms with Gasteiger partial charge in [-0.25, -0.2) is 17.6 Å². The van der Waals surface area contributed by atoms with Crippen LogP contribution in [0.25, 0.3) is 5.57 Å². The first-order valence-corrected chi connectivity index (χ1v) is 9.99. The molecule has 0 saturated carbocycles. The standard InChI is InChI=1S/C20H19FO4S/c1-20(2)12-17(19(22)25-20)18(13-4-8-15(21)9-5-13)14-6-10-16(11-7-14)26(3,23)24/h4-11H,12H2,1-3H3/b18-17+. The summed E-state index contributed by atoms with van der Waals surface area (Å²) >= 11 is 0. The van der Waals surface area contributed by atoms with Gasteiger partial charge in [0, 0.05) is 18.2 Å². The minimum Gasteiger partial charge on any atom is -0.456 e. The van der Waals surface area contributed by atoms with E-state index >= 15 is 0 Å². The van der Waals surface area contributed by atoms with Gasteiger partial charge in [-0.05, 0) is 54.8 Å². The molecule has 0 atom stereocenters. The molecule has 0 amide bonds. The molecule has 2 aromatic rings. The highest BCUT2D eigenvalue weighted by Crippen LogP contribution is 2.38. The molecule has 1 aliphatic heterocycles. The van der Waals surface area contributed by atoms with Gasteiger partial charge < -0.3 is 4.74 Å². The maximum Gasteiger partial charge on any atom is 0.335 e. The molecule has 2 aromatic carbocycles. The number of benzene rings is 2. The lowest BCUT2D eigenvalue weighted by molar-refractivity contribution is -0.143. The van der Waals surface area contributed by atoms with Crippen molar-refractivity contribution < 1.29 is 22.3 Å². The van der Waals surface area contributed by atoms with Crippen LogP contribution in [0.15, 0.2) is 59.0 Å². The second-order valence-electron chi connectivity index (χ2n) is 6.98. The minimum atomic E-state index is -3.32. The lowest BCUT2D eigenvalue weighted by atomic mass is 9.89. The number of carbonyl (C=O) groups excluding carboxylic acids is 1. The van der Waals surface area contributed by atoms with Crippen molar-refractivity contribution in [3.05, 3.63) is 71.0 Å². The van der Waals surface area contributed by atoms with Gasteiger partial charge in [0.2, 0.25) is 0 Å². The van der Waals surface area contributed by atoms with Gasteiger partial charge in [0.1, 0.15) is 11.4 Å². The van der Waals surface area contributed by atoms with Crippen LogP contribution in [0.4, 0.5) is 4.39 Å². The van der Waals surface area contributed by atoms with E-state index in [4.69, 9.17) is 4.74 Å². The first-order valence-electron chi connectivity index (χ1n) is 8.10. The summed E-state index contributed by atoms with van der Waals surface area (Å²) in [6.45, 7) is 3.65. The van der Waals surface area contributed by atoms with Crippen molar-refractivity contribution in [2.75, 3.05) is 6.26 Å². The fourth-order valence-electron chi connectivity index (χ4n) is 3.04. The fraction of sp³-hybridized carbons (Fsp3) is 0.250. The van der Waals surface area contributed by atoms with Crippen molar-refractivity contribution in [3.63, 3.8) is 0 Å². The van der Waals surface area contributed by atoms with E-state index < -0.39 is 21.4 Å². The van der Waals surface area contributed by atoms with Crippen molar-refractivity contribution in [1.82, 2.24) is 0 Å². The van der Waals surface area contributed by atoms with Gasteiger partial charge in [-0.3, -0.25) is 0 Å². The van der Waals surface area contributed by atoms with E-state index in [0.29, 0.717) is 28.7 Å². The van der Waals surface area contributed by atoms with Gasteiger partial charge in [-0.2, -0.15) is 0 Å². The Morgan fingerprint density at radius 2 is 1.50 bits per heavy atom. The normalized spacial score (nSPS) is 18.5. The van der Waals surface area contributed by atoms with Gasteiger partial charge in [-0.1, -0.05) is 24.3 Å². The predicted molar refractivity (Wildman–Crippen MR) is 96.8 cm³/mol. The molecule has 136 valence electrons. The lowest BCUT2D eigenvalue weighted by Gasteiger charge is -2.14. The number of carbonyl (C=O) groups is 1. The van der Waals surface area contributed by atoms with Crippen LogP contribution in [0.3, 0.4) is 0 Å². The Kier molecular flexibility index (Phi) is 4.48. The zero-order valence-electron chi connectivity index (χ0n) is 14.7. The number of hydrogen-bond donors (Lipinski definition) is 0. The van der Waals surface area contributed by atoms with E-state index in [9.17, 15) is 17.6 Å². The summed E-state index contributed by atoms with van der Waals surface area (Å²) in [5.41, 5.74) is 1.84. The second-order valence-corrected chi connectivity index (χ2v) is 9.00. The summed E-state index contributed by atoms with van der Waals surface area (Å²) in [7, 11) is -3.32. The number of sulfone groups is 1. The number of esters is 1. The molecule has 4 nitrogen and oxygen atoms in total. The summed E-state index contributed by atoms with van der Waals surface area (Å²) in [5.74, 6) is -0.790. The van der Waals surface area contributed by atoms with E-state index in [2.05, 4.69) is 0 Å². The summed E-state index contributed by atoms with van der Waals surface area (Å²) in [5, 5.41) is 0. The first kappa shape index (κ1) is 18.3. The Labute approximate surface area is 152 Å². The Bertz CT molecular complexity index is 985. The molecule has 0 spiro atoms. The van der Waals surface area contributed by atoms with Crippen LogP contribution in [0.2, 0.25) is 0 Å². The number of halogens is 1. The van der Waals surface area contributed by atoms with Gasteiger partial charge in [0.25, 0.3) is 0 Å². The molecule has 0 bridgehead atoms. The van der Waals surface area contributed by atoms with Crippen LogP contribution >= 0.6 is 0 Å². The van der Waals surface area contributed by atoms with Gasteiger partial charge >= 0.3 is 5.97 Å². The zero-order valence-corrected chi connectivity index (χ0v) is 15.6. The van der Waals surface area contributed by atoms with Crippen molar-refractivity contribution in [1.29, 1.82) is 0 Å². The third kappa shape index (κ3) is 3.70. The van der Waals surface area contributed by atoms with Crippen molar-refractivity contribution in [2.45, 2.75) is 30.8 Å². The highest BCUT2D eigenvalue weighted by molar-refractivity contribution is 7.90. The molecule has 1 fully saturated rings. The van der Waals surface area contributed by atoms with Gasteiger partial charge in [-0.15, -0.1) is 0 Å². The Balaban J connectivity index is 2.19. The lowest BCUT2D eigenvalue weighted by Crippen LogP contribution is -2.17. The highest BCUT2D eigenvalue weighted by atomic mass is 32.2. The summed E-state index contributed by atoms with van der Waals surface area (Å²) in [4.78, 5) is 12.6. The molecule has 0 aliphatic carbocycles. The maximum atomic E-state index is 13.3. The minimum absolute atomic E-state index is 0.194. The van der Waals surface area contributed by atoms with Crippen molar-refractivity contribution in [2.24, 2.45) is 0 Å². The van der Waals surface area contributed by atoms with E-state index in [1.54, 1.807) is 24.3 Å². The zero-order chi connectivity index (χ0) is 19.1. The first-order chi connectivity index (χ1) is 12.1. The summed E-state index contributed by atoms with van der Waals surface area (Å²) in [6, 6.07) is 12.2. The van der Waals surface area contributed by atoms with Crippen LogP contribution in [-0.2, 0) is 19.4 Å². The number of cyclic esters (lactones) is 1.